The highest BCUT2D eigenvalue weighted by atomic mass is 32.2. The van der Waals surface area contributed by atoms with Gasteiger partial charge in [-0.2, -0.15) is 0 Å². The van der Waals surface area contributed by atoms with Crippen molar-refractivity contribution in [1.29, 1.82) is 0 Å². The predicted molar refractivity (Wildman–Crippen MR) is 67.9 cm³/mol. The van der Waals surface area contributed by atoms with Crippen molar-refractivity contribution in [2.45, 2.75) is 11.0 Å². The number of furan rings is 1. The molecule has 0 bridgehead atoms. The van der Waals surface area contributed by atoms with E-state index in [4.69, 9.17) is 9.15 Å². The summed E-state index contributed by atoms with van der Waals surface area (Å²) < 4.78 is 36.8. The minimum absolute atomic E-state index is 0.0846. The molecule has 0 amide bonds. The highest BCUT2D eigenvalue weighted by Gasteiger charge is 2.19. The van der Waals surface area contributed by atoms with Gasteiger partial charge in [0.25, 0.3) is 0 Å². The van der Waals surface area contributed by atoms with E-state index in [1.54, 1.807) is 18.2 Å². The summed E-state index contributed by atoms with van der Waals surface area (Å²) in [6.45, 7) is 0.0846. The van der Waals surface area contributed by atoms with Crippen LogP contribution in [-0.2, 0) is 14.8 Å². The molecule has 2 heterocycles. The summed E-state index contributed by atoms with van der Waals surface area (Å²) in [6, 6.07) is 6.49. The van der Waals surface area contributed by atoms with E-state index in [0.717, 1.165) is 0 Å². The summed E-state index contributed by atoms with van der Waals surface area (Å²) >= 11 is 0. The molecule has 6 nitrogen and oxygen atoms in total. The molecule has 0 spiro atoms. The van der Waals surface area contributed by atoms with Crippen LogP contribution in [0.5, 0.6) is 0 Å². The molecule has 2 aromatic rings. The Kier molecular flexibility index (Phi) is 4.31. The van der Waals surface area contributed by atoms with Crippen LogP contribution in [-0.4, -0.2) is 27.1 Å². The first-order valence-corrected chi connectivity index (χ1v) is 7.07. The lowest BCUT2D eigenvalue weighted by molar-refractivity contribution is 0.0878. The second-order valence-corrected chi connectivity index (χ2v) is 5.55. The SMILES string of the molecule is CO[C@@H](CNS(=O)(=O)c1cccnc1)c1ccco1. The van der Waals surface area contributed by atoms with E-state index in [1.165, 1.54) is 31.8 Å². The van der Waals surface area contributed by atoms with Gasteiger partial charge in [-0.1, -0.05) is 0 Å². The van der Waals surface area contributed by atoms with Crippen LogP contribution in [0.25, 0.3) is 0 Å². The molecule has 19 heavy (non-hydrogen) atoms. The van der Waals surface area contributed by atoms with Crippen molar-refractivity contribution in [1.82, 2.24) is 9.71 Å². The molecule has 2 rings (SSSR count). The Morgan fingerprint density at radius 1 is 1.42 bits per heavy atom. The van der Waals surface area contributed by atoms with E-state index in [2.05, 4.69) is 9.71 Å². The fraction of sp³-hybridized carbons (Fsp3) is 0.250. The van der Waals surface area contributed by atoms with E-state index < -0.39 is 16.1 Å². The Morgan fingerprint density at radius 2 is 2.26 bits per heavy atom. The van der Waals surface area contributed by atoms with Gasteiger partial charge < -0.3 is 9.15 Å². The van der Waals surface area contributed by atoms with Gasteiger partial charge in [0.05, 0.1) is 6.26 Å². The third-order valence-corrected chi connectivity index (χ3v) is 3.96. The van der Waals surface area contributed by atoms with Crippen LogP contribution in [0.4, 0.5) is 0 Å². The van der Waals surface area contributed by atoms with Gasteiger partial charge in [-0.3, -0.25) is 4.98 Å². The fourth-order valence-corrected chi connectivity index (χ4v) is 2.54. The molecule has 1 atom stereocenters. The van der Waals surface area contributed by atoms with Gasteiger partial charge in [-0.05, 0) is 24.3 Å². The monoisotopic (exact) mass is 282 g/mol. The molecule has 0 aliphatic rings. The topological polar surface area (TPSA) is 81.4 Å². The number of hydrogen-bond donors (Lipinski definition) is 1. The van der Waals surface area contributed by atoms with Crippen molar-refractivity contribution in [2.75, 3.05) is 13.7 Å². The quantitative estimate of drug-likeness (QED) is 0.864. The Bertz CT molecular complexity index is 596. The van der Waals surface area contributed by atoms with Gasteiger partial charge in [-0.25, -0.2) is 13.1 Å². The van der Waals surface area contributed by atoms with Crippen LogP contribution in [0, 0.1) is 0 Å². The molecule has 0 aromatic carbocycles. The third-order valence-electron chi connectivity index (χ3n) is 2.55. The van der Waals surface area contributed by atoms with Crippen molar-refractivity contribution in [3.8, 4) is 0 Å². The first kappa shape index (κ1) is 13.7. The summed E-state index contributed by atoms with van der Waals surface area (Å²) in [5, 5.41) is 0. The van der Waals surface area contributed by atoms with Crippen LogP contribution < -0.4 is 4.72 Å². The van der Waals surface area contributed by atoms with Crippen molar-refractivity contribution in [2.24, 2.45) is 0 Å². The molecule has 0 radical (unpaired) electrons. The second kappa shape index (κ2) is 5.96. The summed E-state index contributed by atoms with van der Waals surface area (Å²) in [5.41, 5.74) is 0. The number of hydrogen-bond acceptors (Lipinski definition) is 5. The lowest BCUT2D eigenvalue weighted by Gasteiger charge is -2.13. The molecule has 0 fully saturated rings. The second-order valence-electron chi connectivity index (χ2n) is 3.78. The highest BCUT2D eigenvalue weighted by Crippen LogP contribution is 2.17. The number of pyridine rings is 1. The molecule has 0 unspecified atom stereocenters. The molecule has 0 saturated heterocycles. The van der Waals surface area contributed by atoms with Gasteiger partial charge in [0.1, 0.15) is 16.8 Å². The summed E-state index contributed by atoms with van der Waals surface area (Å²) in [5.74, 6) is 0.566. The number of nitrogens with one attached hydrogen (secondary N) is 1. The maximum atomic E-state index is 12.0. The molecule has 102 valence electrons. The molecule has 2 aromatic heterocycles. The minimum atomic E-state index is -3.59. The number of sulfonamides is 1. The maximum absolute atomic E-state index is 12.0. The molecule has 1 N–H and O–H groups in total. The van der Waals surface area contributed by atoms with Crippen molar-refractivity contribution in [3.63, 3.8) is 0 Å². The number of rotatable bonds is 6. The molecular weight excluding hydrogens is 268 g/mol. The van der Waals surface area contributed by atoms with Crippen molar-refractivity contribution < 1.29 is 17.6 Å². The summed E-state index contributed by atoms with van der Waals surface area (Å²) in [7, 11) is -2.10. The van der Waals surface area contributed by atoms with Crippen LogP contribution in [0.2, 0.25) is 0 Å². The Balaban J connectivity index is 2.06. The van der Waals surface area contributed by atoms with E-state index >= 15 is 0 Å². The zero-order valence-corrected chi connectivity index (χ0v) is 11.1. The van der Waals surface area contributed by atoms with E-state index in [9.17, 15) is 8.42 Å². The third kappa shape index (κ3) is 3.40. The maximum Gasteiger partial charge on any atom is 0.242 e. The molecule has 0 saturated carbocycles. The van der Waals surface area contributed by atoms with Crippen molar-refractivity contribution >= 4 is 10.0 Å². The van der Waals surface area contributed by atoms with Crippen LogP contribution in [0.3, 0.4) is 0 Å². The van der Waals surface area contributed by atoms with Gasteiger partial charge in [-0.15, -0.1) is 0 Å². The molecule has 0 aliphatic heterocycles. The number of methoxy groups -OCH3 is 1. The molecule has 7 heteroatoms. The van der Waals surface area contributed by atoms with Gasteiger partial charge in [0, 0.05) is 26.0 Å². The number of aromatic nitrogens is 1. The smallest absolute Gasteiger partial charge is 0.242 e. The summed E-state index contributed by atoms with van der Waals surface area (Å²) in [6.07, 6.45) is 3.84. The fourth-order valence-electron chi connectivity index (χ4n) is 1.55. The van der Waals surface area contributed by atoms with Gasteiger partial charge >= 0.3 is 0 Å². The number of ether oxygens (including phenoxy) is 1. The van der Waals surface area contributed by atoms with E-state index in [-0.39, 0.29) is 11.4 Å². The first-order valence-electron chi connectivity index (χ1n) is 5.59. The summed E-state index contributed by atoms with van der Waals surface area (Å²) in [4.78, 5) is 3.89. The first-order chi connectivity index (χ1) is 9.13. The highest BCUT2D eigenvalue weighted by molar-refractivity contribution is 7.89. The average molecular weight is 282 g/mol. The largest absolute Gasteiger partial charge is 0.467 e. The lowest BCUT2D eigenvalue weighted by Crippen LogP contribution is -2.29. The molecular formula is C12H14N2O4S. The Morgan fingerprint density at radius 3 is 2.84 bits per heavy atom. The van der Waals surface area contributed by atoms with Crippen LogP contribution >= 0.6 is 0 Å². The standard InChI is InChI=1S/C12H14N2O4S/c1-17-12(11-5-3-7-18-11)9-14-19(15,16)10-4-2-6-13-8-10/h2-8,12,14H,9H2,1H3/t12-/m0/s1. The zero-order chi connectivity index (χ0) is 13.7. The lowest BCUT2D eigenvalue weighted by atomic mass is 10.3. The molecule has 0 aliphatic carbocycles. The Labute approximate surface area is 111 Å². The van der Waals surface area contributed by atoms with E-state index in [0.29, 0.717) is 5.76 Å². The van der Waals surface area contributed by atoms with E-state index in [1.807, 2.05) is 0 Å². The number of nitrogens with zero attached hydrogens (tertiary/aromatic N) is 1. The van der Waals surface area contributed by atoms with Crippen molar-refractivity contribution in [3.05, 3.63) is 48.7 Å². The average Bonchev–Trinajstić information content (AvgIpc) is 2.94. The Hall–Kier alpha value is -1.70. The minimum Gasteiger partial charge on any atom is -0.467 e. The normalized spacial score (nSPS) is 13.3. The predicted octanol–water partition coefficient (Wildman–Crippen LogP) is 1.34. The van der Waals surface area contributed by atoms with Gasteiger partial charge in [0.2, 0.25) is 10.0 Å². The van der Waals surface area contributed by atoms with Gasteiger partial charge in [0.15, 0.2) is 0 Å². The van der Waals surface area contributed by atoms with Crippen LogP contribution in [0.15, 0.2) is 52.2 Å². The zero-order valence-electron chi connectivity index (χ0n) is 10.3. The van der Waals surface area contributed by atoms with Crippen LogP contribution in [0.1, 0.15) is 11.9 Å².